The van der Waals surface area contributed by atoms with Crippen LogP contribution < -0.4 is 10.6 Å². The van der Waals surface area contributed by atoms with Gasteiger partial charge in [-0.1, -0.05) is 17.7 Å². The SMILES string of the molecule is Cc1ccc(NC(=O)COC(=O)CN2C(=O)N[C@](C)(C3CC3)C2=O)c(Cl)c1. The molecule has 1 heterocycles. The third kappa shape index (κ3) is 4.05. The number of aryl methyl sites for hydroxylation is 1. The highest BCUT2D eigenvalue weighted by Crippen LogP contribution is 2.42. The van der Waals surface area contributed by atoms with Gasteiger partial charge in [-0.15, -0.1) is 0 Å². The average molecular weight is 394 g/mol. The number of hydrogen-bond donors (Lipinski definition) is 2. The van der Waals surface area contributed by atoms with Crippen molar-refractivity contribution in [3.63, 3.8) is 0 Å². The number of anilines is 1. The maximum absolute atomic E-state index is 12.4. The lowest BCUT2D eigenvalue weighted by Gasteiger charge is -2.20. The van der Waals surface area contributed by atoms with Crippen molar-refractivity contribution in [1.29, 1.82) is 0 Å². The number of imide groups is 1. The first-order valence-corrected chi connectivity index (χ1v) is 8.94. The summed E-state index contributed by atoms with van der Waals surface area (Å²) in [5, 5.41) is 5.54. The van der Waals surface area contributed by atoms with E-state index in [-0.39, 0.29) is 5.92 Å². The first-order chi connectivity index (χ1) is 12.7. The van der Waals surface area contributed by atoms with E-state index in [9.17, 15) is 19.2 Å². The van der Waals surface area contributed by atoms with E-state index >= 15 is 0 Å². The molecular weight excluding hydrogens is 374 g/mol. The third-order valence-corrected chi connectivity index (χ3v) is 5.06. The second kappa shape index (κ2) is 7.19. The standard InChI is InChI=1S/C18H20ClN3O5/c1-10-3-6-13(12(19)7-10)20-14(23)9-27-15(24)8-22-16(25)18(2,11-4-5-11)21-17(22)26/h3,6-7,11H,4-5,8-9H2,1-2H3,(H,20,23)(H,21,26)/t18-/m1/s1. The minimum atomic E-state index is -0.961. The molecule has 0 bridgehead atoms. The Kier molecular flexibility index (Phi) is 5.10. The number of nitrogens with one attached hydrogen (secondary N) is 2. The number of amides is 4. The van der Waals surface area contributed by atoms with Gasteiger partial charge in [0.25, 0.3) is 11.8 Å². The van der Waals surface area contributed by atoms with Gasteiger partial charge in [0.1, 0.15) is 12.1 Å². The average Bonchev–Trinajstić information content (AvgIpc) is 3.42. The van der Waals surface area contributed by atoms with Crippen molar-refractivity contribution < 1.29 is 23.9 Å². The predicted molar refractivity (Wildman–Crippen MR) is 97.2 cm³/mol. The van der Waals surface area contributed by atoms with E-state index in [2.05, 4.69) is 10.6 Å². The number of halogens is 1. The van der Waals surface area contributed by atoms with Crippen molar-refractivity contribution in [2.24, 2.45) is 5.92 Å². The fourth-order valence-electron chi connectivity index (χ4n) is 3.03. The molecular formula is C18H20ClN3O5. The molecule has 0 unspecified atom stereocenters. The topological polar surface area (TPSA) is 105 Å². The maximum atomic E-state index is 12.4. The van der Waals surface area contributed by atoms with Crippen molar-refractivity contribution in [2.45, 2.75) is 32.2 Å². The van der Waals surface area contributed by atoms with E-state index in [4.69, 9.17) is 16.3 Å². The van der Waals surface area contributed by atoms with Gasteiger partial charge in [0.15, 0.2) is 6.61 Å². The lowest BCUT2D eigenvalue weighted by molar-refractivity contribution is -0.150. The van der Waals surface area contributed by atoms with Crippen LogP contribution in [0.4, 0.5) is 10.5 Å². The summed E-state index contributed by atoms with van der Waals surface area (Å²) < 4.78 is 4.87. The minimum Gasteiger partial charge on any atom is -0.454 e. The van der Waals surface area contributed by atoms with Crippen LogP contribution in [0.1, 0.15) is 25.3 Å². The molecule has 1 aliphatic heterocycles. The molecule has 1 saturated carbocycles. The van der Waals surface area contributed by atoms with Crippen LogP contribution in [0, 0.1) is 12.8 Å². The number of carbonyl (C=O) groups is 4. The van der Waals surface area contributed by atoms with Crippen LogP contribution in [0.3, 0.4) is 0 Å². The Morgan fingerprint density at radius 1 is 1.37 bits per heavy atom. The van der Waals surface area contributed by atoms with E-state index in [1.54, 1.807) is 25.1 Å². The molecule has 0 spiro atoms. The highest BCUT2D eigenvalue weighted by molar-refractivity contribution is 6.33. The molecule has 9 heteroatoms. The fourth-order valence-corrected chi connectivity index (χ4v) is 3.31. The number of esters is 1. The smallest absolute Gasteiger partial charge is 0.326 e. The highest BCUT2D eigenvalue weighted by atomic mass is 35.5. The van der Waals surface area contributed by atoms with E-state index < -0.39 is 42.5 Å². The van der Waals surface area contributed by atoms with Crippen LogP contribution in [0.2, 0.25) is 5.02 Å². The Morgan fingerprint density at radius 3 is 2.70 bits per heavy atom. The quantitative estimate of drug-likeness (QED) is 0.567. The van der Waals surface area contributed by atoms with Gasteiger partial charge in [0, 0.05) is 0 Å². The van der Waals surface area contributed by atoms with Crippen LogP contribution >= 0.6 is 11.6 Å². The van der Waals surface area contributed by atoms with Crippen molar-refractivity contribution in [1.82, 2.24) is 10.2 Å². The summed E-state index contributed by atoms with van der Waals surface area (Å²) in [7, 11) is 0. The van der Waals surface area contributed by atoms with Crippen molar-refractivity contribution in [3.05, 3.63) is 28.8 Å². The molecule has 0 radical (unpaired) electrons. The monoisotopic (exact) mass is 393 g/mol. The molecule has 1 atom stereocenters. The summed E-state index contributed by atoms with van der Waals surface area (Å²) in [6.45, 7) is 2.44. The van der Waals surface area contributed by atoms with Crippen LogP contribution in [0.25, 0.3) is 0 Å². The Morgan fingerprint density at radius 2 is 2.07 bits per heavy atom. The van der Waals surface area contributed by atoms with Crippen LogP contribution in [0.5, 0.6) is 0 Å². The fraction of sp³-hybridized carbons (Fsp3) is 0.444. The van der Waals surface area contributed by atoms with Crippen molar-refractivity contribution >= 4 is 41.1 Å². The number of benzene rings is 1. The van der Waals surface area contributed by atoms with E-state index in [1.807, 2.05) is 6.92 Å². The van der Waals surface area contributed by atoms with Gasteiger partial charge >= 0.3 is 12.0 Å². The molecule has 144 valence electrons. The summed E-state index contributed by atoms with van der Waals surface area (Å²) in [5.74, 6) is -1.76. The Hall–Kier alpha value is -2.61. The number of ether oxygens (including phenoxy) is 1. The first-order valence-electron chi connectivity index (χ1n) is 8.56. The molecule has 0 aromatic heterocycles. The van der Waals surface area contributed by atoms with E-state index in [0.717, 1.165) is 23.3 Å². The molecule has 1 saturated heterocycles. The zero-order valence-electron chi connectivity index (χ0n) is 15.0. The van der Waals surface area contributed by atoms with E-state index in [1.165, 1.54) is 0 Å². The number of hydrogen-bond acceptors (Lipinski definition) is 5. The largest absolute Gasteiger partial charge is 0.454 e. The van der Waals surface area contributed by atoms with Gasteiger partial charge in [-0.2, -0.15) is 0 Å². The minimum absolute atomic E-state index is 0.0972. The molecule has 3 rings (SSSR count). The molecule has 4 amide bonds. The third-order valence-electron chi connectivity index (χ3n) is 4.75. The second-order valence-corrected chi connectivity index (χ2v) is 7.40. The first kappa shape index (κ1) is 19.2. The molecule has 1 aliphatic carbocycles. The highest BCUT2D eigenvalue weighted by Gasteiger charge is 2.56. The summed E-state index contributed by atoms with van der Waals surface area (Å²) in [6, 6.07) is 4.49. The number of nitrogens with zero attached hydrogens (tertiary/aromatic N) is 1. The summed E-state index contributed by atoms with van der Waals surface area (Å²) in [4.78, 5) is 49.1. The lowest BCUT2D eigenvalue weighted by atomic mass is 9.96. The molecule has 1 aromatic carbocycles. The Balaban J connectivity index is 1.50. The van der Waals surface area contributed by atoms with Crippen LogP contribution in [-0.4, -0.2) is 47.4 Å². The molecule has 1 aromatic rings. The summed E-state index contributed by atoms with van der Waals surface area (Å²) in [6.07, 6.45) is 1.73. The number of rotatable bonds is 6. The molecule has 8 nitrogen and oxygen atoms in total. The van der Waals surface area contributed by atoms with Crippen LogP contribution in [-0.2, 0) is 19.1 Å². The predicted octanol–water partition coefficient (Wildman–Crippen LogP) is 1.85. The Labute approximate surface area is 161 Å². The molecule has 2 N–H and O–H groups in total. The number of urea groups is 1. The summed E-state index contributed by atoms with van der Waals surface area (Å²) >= 11 is 6.03. The van der Waals surface area contributed by atoms with Gasteiger partial charge in [0.2, 0.25) is 0 Å². The van der Waals surface area contributed by atoms with Gasteiger partial charge < -0.3 is 15.4 Å². The van der Waals surface area contributed by atoms with Gasteiger partial charge in [-0.25, -0.2) is 4.79 Å². The molecule has 27 heavy (non-hydrogen) atoms. The molecule has 2 fully saturated rings. The lowest BCUT2D eigenvalue weighted by Crippen LogP contribution is -2.46. The zero-order chi connectivity index (χ0) is 19.8. The van der Waals surface area contributed by atoms with Gasteiger partial charge in [-0.3, -0.25) is 19.3 Å². The summed E-state index contributed by atoms with van der Waals surface area (Å²) in [5.41, 5.74) is 0.380. The number of carbonyl (C=O) groups excluding carboxylic acids is 4. The van der Waals surface area contributed by atoms with E-state index in [0.29, 0.717) is 10.7 Å². The second-order valence-electron chi connectivity index (χ2n) is 6.99. The van der Waals surface area contributed by atoms with Gasteiger partial charge in [-0.05, 0) is 50.3 Å². The Bertz CT molecular complexity index is 823. The van der Waals surface area contributed by atoms with Gasteiger partial charge in [0.05, 0.1) is 10.7 Å². The van der Waals surface area contributed by atoms with Crippen LogP contribution in [0.15, 0.2) is 18.2 Å². The van der Waals surface area contributed by atoms with Crippen molar-refractivity contribution in [3.8, 4) is 0 Å². The maximum Gasteiger partial charge on any atom is 0.326 e. The normalized spacial score (nSPS) is 21.8. The van der Waals surface area contributed by atoms with Crippen molar-refractivity contribution in [2.75, 3.05) is 18.5 Å². The molecule has 2 aliphatic rings. The zero-order valence-corrected chi connectivity index (χ0v) is 15.8.